The molecule has 110 valence electrons. The fourth-order valence-corrected chi connectivity index (χ4v) is 2.77. The lowest BCUT2D eigenvalue weighted by molar-refractivity contribution is -0.00479. The van der Waals surface area contributed by atoms with E-state index in [1.807, 2.05) is 0 Å². The van der Waals surface area contributed by atoms with Gasteiger partial charge >= 0.3 is 0 Å². The van der Waals surface area contributed by atoms with Gasteiger partial charge in [-0.05, 0) is 43.1 Å². The molecule has 2 unspecified atom stereocenters. The third kappa shape index (κ3) is 4.05. The molecule has 1 fully saturated rings. The standard InChI is InChI=1S/C16H22ClNO2/c1-12-7-9-18(11-16(12)20-2)10-8-15(19)13-3-5-14(17)6-4-13/h3-6,12,16H,7-11H2,1-2H3. The Hall–Kier alpha value is -0.900. The second-order valence-electron chi connectivity index (χ2n) is 5.52. The number of carbonyl (C=O) groups is 1. The second-order valence-corrected chi connectivity index (χ2v) is 5.96. The highest BCUT2D eigenvalue weighted by molar-refractivity contribution is 6.30. The van der Waals surface area contributed by atoms with Crippen molar-refractivity contribution in [3.8, 4) is 0 Å². The van der Waals surface area contributed by atoms with Crippen LogP contribution in [0.2, 0.25) is 5.02 Å². The maximum Gasteiger partial charge on any atom is 0.164 e. The number of halogens is 1. The van der Waals surface area contributed by atoms with Gasteiger partial charge in [-0.3, -0.25) is 4.79 Å². The molecular weight excluding hydrogens is 274 g/mol. The predicted octanol–water partition coefficient (Wildman–Crippen LogP) is 3.27. The summed E-state index contributed by atoms with van der Waals surface area (Å²) in [5.74, 6) is 0.775. The smallest absolute Gasteiger partial charge is 0.164 e. The average Bonchev–Trinajstić information content (AvgIpc) is 2.46. The van der Waals surface area contributed by atoms with E-state index in [9.17, 15) is 4.79 Å². The summed E-state index contributed by atoms with van der Waals surface area (Å²) in [5.41, 5.74) is 0.739. The van der Waals surface area contributed by atoms with Gasteiger partial charge in [-0.15, -0.1) is 0 Å². The lowest BCUT2D eigenvalue weighted by Crippen LogP contribution is -2.44. The molecule has 0 amide bonds. The van der Waals surface area contributed by atoms with E-state index in [1.54, 1.807) is 31.4 Å². The lowest BCUT2D eigenvalue weighted by atomic mass is 9.95. The molecule has 0 N–H and O–H groups in total. The first-order chi connectivity index (χ1) is 9.60. The Labute approximate surface area is 125 Å². The molecule has 3 nitrogen and oxygen atoms in total. The number of nitrogens with zero attached hydrogens (tertiary/aromatic N) is 1. The lowest BCUT2D eigenvalue weighted by Gasteiger charge is -2.36. The summed E-state index contributed by atoms with van der Waals surface area (Å²) in [6, 6.07) is 7.11. The van der Waals surface area contributed by atoms with Crippen molar-refractivity contribution in [2.75, 3.05) is 26.7 Å². The van der Waals surface area contributed by atoms with Crippen molar-refractivity contribution >= 4 is 17.4 Å². The maximum atomic E-state index is 12.1. The molecule has 0 aliphatic carbocycles. The van der Waals surface area contributed by atoms with Gasteiger partial charge in [0.25, 0.3) is 0 Å². The molecule has 0 radical (unpaired) electrons. The molecule has 1 aromatic rings. The van der Waals surface area contributed by atoms with Gasteiger partial charge in [0.05, 0.1) is 6.10 Å². The summed E-state index contributed by atoms with van der Waals surface area (Å²) in [6.07, 6.45) is 1.97. The van der Waals surface area contributed by atoms with E-state index in [4.69, 9.17) is 16.3 Å². The first-order valence-electron chi connectivity index (χ1n) is 7.14. The Bertz CT molecular complexity index is 446. The monoisotopic (exact) mass is 295 g/mol. The number of ether oxygens (including phenoxy) is 1. The van der Waals surface area contributed by atoms with Crippen LogP contribution in [0.25, 0.3) is 0 Å². The molecule has 0 aromatic heterocycles. The van der Waals surface area contributed by atoms with Crippen molar-refractivity contribution in [1.82, 2.24) is 4.90 Å². The van der Waals surface area contributed by atoms with Crippen LogP contribution >= 0.6 is 11.6 Å². The quantitative estimate of drug-likeness (QED) is 0.781. The van der Waals surface area contributed by atoms with E-state index >= 15 is 0 Å². The number of hydrogen-bond donors (Lipinski definition) is 0. The third-order valence-corrected chi connectivity index (χ3v) is 4.35. The van der Waals surface area contributed by atoms with Crippen LogP contribution in [0.15, 0.2) is 24.3 Å². The van der Waals surface area contributed by atoms with Crippen LogP contribution in [0.3, 0.4) is 0 Å². The normalized spacial score (nSPS) is 23.8. The average molecular weight is 296 g/mol. The number of Topliss-reactive ketones (excluding diaryl/α,β-unsaturated/α-hetero) is 1. The molecule has 2 atom stereocenters. The molecule has 20 heavy (non-hydrogen) atoms. The number of piperidine rings is 1. The number of hydrogen-bond acceptors (Lipinski definition) is 3. The molecule has 4 heteroatoms. The van der Waals surface area contributed by atoms with E-state index in [1.165, 1.54) is 0 Å². The first-order valence-corrected chi connectivity index (χ1v) is 7.52. The zero-order chi connectivity index (χ0) is 14.5. The molecule has 2 rings (SSSR count). The van der Waals surface area contributed by atoms with Gasteiger partial charge in [-0.2, -0.15) is 0 Å². The van der Waals surface area contributed by atoms with Gasteiger partial charge < -0.3 is 9.64 Å². The van der Waals surface area contributed by atoms with Crippen LogP contribution in [0, 0.1) is 5.92 Å². The minimum absolute atomic E-state index is 0.175. The molecule has 0 bridgehead atoms. The van der Waals surface area contributed by atoms with Gasteiger partial charge in [0.2, 0.25) is 0 Å². The summed E-state index contributed by atoms with van der Waals surface area (Å²) in [6.45, 7) is 5.00. The Morgan fingerprint density at radius 3 is 2.75 bits per heavy atom. The van der Waals surface area contributed by atoms with Crippen LogP contribution in [0.1, 0.15) is 30.1 Å². The van der Waals surface area contributed by atoms with Gasteiger partial charge in [0.15, 0.2) is 5.78 Å². The maximum absolute atomic E-state index is 12.1. The fraction of sp³-hybridized carbons (Fsp3) is 0.562. The van der Waals surface area contributed by atoms with E-state index in [0.29, 0.717) is 17.4 Å². The largest absolute Gasteiger partial charge is 0.380 e. The zero-order valence-corrected chi connectivity index (χ0v) is 12.9. The molecule has 1 heterocycles. The van der Waals surface area contributed by atoms with Crippen molar-refractivity contribution in [2.24, 2.45) is 5.92 Å². The molecular formula is C16H22ClNO2. The Morgan fingerprint density at radius 1 is 1.40 bits per heavy atom. The number of carbonyl (C=O) groups excluding carboxylic acids is 1. The van der Waals surface area contributed by atoms with Crippen LogP contribution in [-0.2, 0) is 4.74 Å². The van der Waals surface area contributed by atoms with Crippen molar-refractivity contribution in [2.45, 2.75) is 25.9 Å². The number of ketones is 1. The topological polar surface area (TPSA) is 29.5 Å². The molecule has 1 aliphatic heterocycles. The summed E-state index contributed by atoms with van der Waals surface area (Å²) in [4.78, 5) is 14.4. The summed E-state index contributed by atoms with van der Waals surface area (Å²) in [5, 5.41) is 0.662. The number of benzene rings is 1. The van der Waals surface area contributed by atoms with Gasteiger partial charge in [-0.1, -0.05) is 18.5 Å². The number of methoxy groups -OCH3 is 1. The Kier molecular flexibility index (Phi) is 5.58. The van der Waals surface area contributed by atoms with E-state index < -0.39 is 0 Å². The highest BCUT2D eigenvalue weighted by atomic mass is 35.5. The number of likely N-dealkylation sites (tertiary alicyclic amines) is 1. The molecule has 0 saturated carbocycles. The van der Waals surface area contributed by atoms with E-state index in [-0.39, 0.29) is 11.9 Å². The SMILES string of the molecule is COC1CN(CCC(=O)c2ccc(Cl)cc2)CCC1C. The van der Waals surface area contributed by atoms with Gasteiger partial charge in [0.1, 0.15) is 0 Å². The molecule has 1 aromatic carbocycles. The third-order valence-electron chi connectivity index (χ3n) is 4.10. The van der Waals surface area contributed by atoms with Crippen molar-refractivity contribution in [1.29, 1.82) is 0 Å². The van der Waals surface area contributed by atoms with Crippen LogP contribution in [-0.4, -0.2) is 43.5 Å². The van der Waals surface area contributed by atoms with Crippen molar-refractivity contribution in [3.05, 3.63) is 34.9 Å². The van der Waals surface area contributed by atoms with Gasteiger partial charge in [0, 0.05) is 37.2 Å². The second kappa shape index (κ2) is 7.21. The summed E-state index contributed by atoms with van der Waals surface area (Å²) < 4.78 is 5.50. The zero-order valence-electron chi connectivity index (χ0n) is 12.1. The minimum atomic E-state index is 0.175. The van der Waals surface area contributed by atoms with Gasteiger partial charge in [-0.25, -0.2) is 0 Å². The Balaban J connectivity index is 1.83. The van der Waals surface area contributed by atoms with Crippen LogP contribution in [0.5, 0.6) is 0 Å². The Morgan fingerprint density at radius 2 is 2.10 bits per heavy atom. The summed E-state index contributed by atoms with van der Waals surface area (Å²) in [7, 11) is 1.77. The number of rotatable bonds is 5. The van der Waals surface area contributed by atoms with E-state index in [2.05, 4.69) is 11.8 Å². The van der Waals surface area contributed by atoms with E-state index in [0.717, 1.165) is 31.6 Å². The predicted molar refractivity (Wildman–Crippen MR) is 81.4 cm³/mol. The molecule has 1 aliphatic rings. The van der Waals surface area contributed by atoms with Crippen molar-refractivity contribution < 1.29 is 9.53 Å². The molecule has 0 spiro atoms. The van der Waals surface area contributed by atoms with Crippen LogP contribution in [0.4, 0.5) is 0 Å². The minimum Gasteiger partial charge on any atom is -0.380 e. The summed E-state index contributed by atoms with van der Waals surface area (Å²) >= 11 is 5.83. The van der Waals surface area contributed by atoms with Crippen LogP contribution < -0.4 is 0 Å². The fourth-order valence-electron chi connectivity index (χ4n) is 2.65. The van der Waals surface area contributed by atoms with Crippen molar-refractivity contribution in [3.63, 3.8) is 0 Å². The highest BCUT2D eigenvalue weighted by Crippen LogP contribution is 2.20. The first kappa shape index (κ1) is 15.5. The highest BCUT2D eigenvalue weighted by Gasteiger charge is 2.25. The molecule has 1 saturated heterocycles.